The lowest BCUT2D eigenvalue weighted by Gasteiger charge is -2.15. The molecule has 1 atom stereocenters. The van der Waals surface area contributed by atoms with E-state index in [1.165, 1.54) is 36.4 Å². The Hall–Kier alpha value is -2.85. The normalized spacial score (nSPS) is 12.4. The fourth-order valence-corrected chi connectivity index (χ4v) is 2.90. The third kappa shape index (κ3) is 4.61. The molecule has 2 aromatic rings. The maximum atomic E-state index is 14.0. The largest absolute Gasteiger partial charge is 0.480 e. The molecule has 0 saturated heterocycles. The molecule has 0 unspecified atom stereocenters. The van der Waals surface area contributed by atoms with Crippen molar-refractivity contribution in [3.8, 4) is 11.1 Å². The van der Waals surface area contributed by atoms with E-state index in [0.717, 1.165) is 6.07 Å². The summed E-state index contributed by atoms with van der Waals surface area (Å²) in [6.45, 7) is 0. The quantitative estimate of drug-likeness (QED) is 0.651. The highest BCUT2D eigenvalue weighted by Crippen LogP contribution is 2.27. The molecule has 26 heavy (non-hydrogen) atoms. The molecule has 2 aromatic carbocycles. The van der Waals surface area contributed by atoms with E-state index in [1.807, 2.05) is 5.32 Å². The van der Waals surface area contributed by atoms with Gasteiger partial charge in [-0.05, 0) is 17.7 Å². The van der Waals surface area contributed by atoms with Crippen LogP contribution in [-0.2, 0) is 14.9 Å². The van der Waals surface area contributed by atoms with E-state index < -0.39 is 45.4 Å². The first-order valence-corrected chi connectivity index (χ1v) is 8.73. The topological polar surface area (TPSA) is 121 Å². The molecule has 1 amide bonds. The summed E-state index contributed by atoms with van der Waals surface area (Å²) in [6.07, 6.45) is 0. The van der Waals surface area contributed by atoms with E-state index in [2.05, 4.69) is 0 Å². The van der Waals surface area contributed by atoms with Gasteiger partial charge in [-0.25, -0.2) is 13.6 Å². The summed E-state index contributed by atoms with van der Waals surface area (Å²) in [6, 6.07) is 6.87. The smallest absolute Gasteiger partial charge is 0.327 e. The van der Waals surface area contributed by atoms with E-state index in [-0.39, 0.29) is 16.7 Å². The van der Waals surface area contributed by atoms with Crippen molar-refractivity contribution in [3.05, 3.63) is 59.7 Å². The highest BCUT2D eigenvalue weighted by atomic mass is 32.2. The molecule has 0 bridgehead atoms. The Bertz CT molecular complexity index is 961. The number of nitrogens with one attached hydrogen (secondary N) is 1. The van der Waals surface area contributed by atoms with Crippen molar-refractivity contribution >= 4 is 22.0 Å². The first-order valence-electron chi connectivity index (χ1n) is 7.12. The molecule has 138 valence electrons. The molecule has 2 rings (SSSR count). The molecule has 0 spiro atoms. The Morgan fingerprint density at radius 1 is 1.04 bits per heavy atom. The molecule has 0 aliphatic heterocycles. The predicted octanol–water partition coefficient (Wildman–Crippen LogP) is 1.70. The van der Waals surface area contributed by atoms with Crippen molar-refractivity contribution in [1.29, 1.82) is 0 Å². The number of hydrogen-bond acceptors (Lipinski definition) is 4. The molecule has 0 aliphatic carbocycles. The third-order valence-electron chi connectivity index (χ3n) is 3.39. The van der Waals surface area contributed by atoms with Crippen LogP contribution in [0.4, 0.5) is 8.78 Å². The highest BCUT2D eigenvalue weighted by Gasteiger charge is 2.27. The van der Waals surface area contributed by atoms with Gasteiger partial charge in [0.05, 0.1) is 0 Å². The highest BCUT2D eigenvalue weighted by molar-refractivity contribution is 7.85. The molecular weight excluding hydrogens is 372 g/mol. The van der Waals surface area contributed by atoms with Gasteiger partial charge < -0.3 is 10.4 Å². The van der Waals surface area contributed by atoms with Crippen LogP contribution in [0.1, 0.15) is 10.4 Å². The van der Waals surface area contributed by atoms with E-state index in [4.69, 9.17) is 9.66 Å². The van der Waals surface area contributed by atoms with Crippen molar-refractivity contribution in [2.45, 2.75) is 6.04 Å². The van der Waals surface area contributed by atoms with Crippen LogP contribution in [0.5, 0.6) is 0 Å². The first kappa shape index (κ1) is 19.5. The second-order valence-electron chi connectivity index (χ2n) is 5.26. The van der Waals surface area contributed by atoms with E-state index in [0.29, 0.717) is 0 Å². The number of carboxylic acid groups (broad SMARTS) is 1. The molecule has 0 heterocycles. The summed E-state index contributed by atoms with van der Waals surface area (Å²) in [5.74, 6) is -6.29. The van der Waals surface area contributed by atoms with Crippen molar-refractivity contribution in [2.75, 3.05) is 5.75 Å². The van der Waals surface area contributed by atoms with Gasteiger partial charge in [0, 0.05) is 11.1 Å². The first-order chi connectivity index (χ1) is 12.1. The number of rotatable bonds is 6. The van der Waals surface area contributed by atoms with Gasteiger partial charge in [0.25, 0.3) is 16.0 Å². The number of carbonyl (C=O) groups excluding carboxylic acids is 1. The zero-order chi connectivity index (χ0) is 19.5. The third-order valence-corrected chi connectivity index (χ3v) is 4.15. The average Bonchev–Trinajstić information content (AvgIpc) is 2.55. The molecular formula is C16H13F2NO6S. The summed E-state index contributed by atoms with van der Waals surface area (Å²) in [5.41, 5.74) is -0.436. The van der Waals surface area contributed by atoms with Crippen LogP contribution < -0.4 is 5.32 Å². The van der Waals surface area contributed by atoms with Gasteiger partial charge >= 0.3 is 5.97 Å². The average molecular weight is 385 g/mol. The van der Waals surface area contributed by atoms with Crippen LogP contribution in [-0.4, -0.2) is 41.7 Å². The van der Waals surface area contributed by atoms with Gasteiger partial charge in [-0.3, -0.25) is 9.35 Å². The van der Waals surface area contributed by atoms with E-state index in [1.54, 1.807) is 0 Å². The van der Waals surface area contributed by atoms with Crippen LogP contribution >= 0.6 is 0 Å². The summed E-state index contributed by atoms with van der Waals surface area (Å²) >= 11 is 0. The fourth-order valence-electron chi connectivity index (χ4n) is 2.25. The molecule has 3 N–H and O–H groups in total. The Morgan fingerprint density at radius 2 is 1.65 bits per heavy atom. The SMILES string of the molecule is O=C(N[C@@H](CS(=O)(=O)O)C(=O)O)c1ccccc1-c1cccc(F)c1F. The number of benzene rings is 2. The zero-order valence-electron chi connectivity index (χ0n) is 13.0. The second-order valence-corrected chi connectivity index (χ2v) is 6.76. The van der Waals surface area contributed by atoms with Crippen molar-refractivity contribution in [2.24, 2.45) is 0 Å². The van der Waals surface area contributed by atoms with Crippen LogP contribution in [0, 0.1) is 11.6 Å². The van der Waals surface area contributed by atoms with Gasteiger partial charge in [-0.15, -0.1) is 0 Å². The molecule has 7 nitrogen and oxygen atoms in total. The van der Waals surface area contributed by atoms with E-state index in [9.17, 15) is 26.8 Å². The number of carbonyl (C=O) groups is 2. The maximum Gasteiger partial charge on any atom is 0.327 e. The lowest BCUT2D eigenvalue weighted by atomic mass is 9.98. The summed E-state index contributed by atoms with van der Waals surface area (Å²) in [4.78, 5) is 23.5. The lowest BCUT2D eigenvalue weighted by Crippen LogP contribution is -2.45. The van der Waals surface area contributed by atoms with Gasteiger partial charge in [-0.1, -0.05) is 30.3 Å². The van der Waals surface area contributed by atoms with Crippen LogP contribution in [0.2, 0.25) is 0 Å². The monoisotopic (exact) mass is 385 g/mol. The molecule has 0 aromatic heterocycles. The van der Waals surface area contributed by atoms with Crippen molar-refractivity contribution < 1.29 is 36.4 Å². The number of aliphatic carboxylic acids is 1. The number of hydrogen-bond donors (Lipinski definition) is 3. The molecule has 0 radical (unpaired) electrons. The maximum absolute atomic E-state index is 14.0. The molecule has 0 fully saturated rings. The second kappa shape index (κ2) is 7.58. The number of carboxylic acids is 1. The van der Waals surface area contributed by atoms with Gasteiger partial charge in [0.2, 0.25) is 0 Å². The Labute approximate surface area is 147 Å². The minimum Gasteiger partial charge on any atom is -0.480 e. The molecule has 0 saturated carbocycles. The minimum atomic E-state index is -4.68. The number of halogens is 2. The Balaban J connectivity index is 2.41. The van der Waals surface area contributed by atoms with Crippen LogP contribution in [0.15, 0.2) is 42.5 Å². The number of amides is 1. The predicted molar refractivity (Wildman–Crippen MR) is 87.1 cm³/mol. The summed E-state index contributed by atoms with van der Waals surface area (Å²) in [7, 11) is -4.68. The summed E-state index contributed by atoms with van der Waals surface area (Å²) in [5, 5.41) is 10.9. The standard InChI is InChI=1S/C16H13F2NO6S/c17-12-7-3-6-10(14(12)18)9-4-1-2-5-11(9)15(20)19-13(16(21)22)8-26(23,24)25/h1-7,13H,8H2,(H,19,20)(H,21,22)(H,23,24,25)/t13-/m0/s1. The Kier molecular flexibility index (Phi) is 5.68. The van der Waals surface area contributed by atoms with Crippen molar-refractivity contribution in [3.63, 3.8) is 0 Å². The van der Waals surface area contributed by atoms with Crippen LogP contribution in [0.25, 0.3) is 11.1 Å². The zero-order valence-corrected chi connectivity index (χ0v) is 13.8. The van der Waals surface area contributed by atoms with Gasteiger partial charge in [0.1, 0.15) is 11.8 Å². The van der Waals surface area contributed by atoms with Crippen molar-refractivity contribution in [1.82, 2.24) is 5.32 Å². The van der Waals surface area contributed by atoms with Gasteiger partial charge in [0.15, 0.2) is 11.6 Å². The minimum absolute atomic E-state index is 0.0157. The van der Waals surface area contributed by atoms with Gasteiger partial charge in [-0.2, -0.15) is 8.42 Å². The molecule has 0 aliphatic rings. The molecule has 10 heteroatoms. The Morgan fingerprint density at radius 3 is 2.27 bits per heavy atom. The summed E-state index contributed by atoms with van der Waals surface area (Å²) < 4.78 is 58.0. The van der Waals surface area contributed by atoms with Crippen LogP contribution in [0.3, 0.4) is 0 Å². The fraction of sp³-hybridized carbons (Fsp3) is 0.125. The lowest BCUT2D eigenvalue weighted by molar-refractivity contribution is -0.138. The van der Waals surface area contributed by atoms with E-state index >= 15 is 0 Å².